The van der Waals surface area contributed by atoms with Crippen molar-refractivity contribution in [2.45, 2.75) is 64.9 Å². The van der Waals surface area contributed by atoms with Gasteiger partial charge in [-0.3, -0.25) is 4.79 Å². The minimum absolute atomic E-state index is 0.0775. The van der Waals surface area contributed by atoms with Crippen molar-refractivity contribution < 1.29 is 14.3 Å². The average Bonchev–Trinajstić information content (AvgIpc) is 2.98. The maximum atomic E-state index is 11.9. The average molecular weight is 310 g/mol. The Kier molecular flexibility index (Phi) is 6.09. The van der Waals surface area contributed by atoms with E-state index in [1.165, 1.54) is 25.7 Å². The summed E-state index contributed by atoms with van der Waals surface area (Å²) in [5.41, 5.74) is 5.47. The molecule has 126 valence electrons. The molecule has 1 atom stereocenters. The van der Waals surface area contributed by atoms with Crippen molar-refractivity contribution in [1.82, 2.24) is 4.90 Å². The predicted molar refractivity (Wildman–Crippen MR) is 85.2 cm³/mol. The highest BCUT2D eigenvalue weighted by Crippen LogP contribution is 2.40. The first-order valence-corrected chi connectivity index (χ1v) is 8.71. The third-order valence-electron chi connectivity index (χ3n) is 5.18. The van der Waals surface area contributed by atoms with Gasteiger partial charge < -0.3 is 15.4 Å². The van der Waals surface area contributed by atoms with Crippen LogP contribution in [-0.4, -0.2) is 36.1 Å². The van der Waals surface area contributed by atoms with Crippen molar-refractivity contribution in [2.75, 3.05) is 13.1 Å². The zero-order valence-electron chi connectivity index (χ0n) is 13.9. The number of nitrogens with zero attached hydrogens (tertiary/aromatic N) is 1. The van der Waals surface area contributed by atoms with Crippen molar-refractivity contribution >= 4 is 12.0 Å². The molecule has 1 aliphatic carbocycles. The Balaban J connectivity index is 1.89. The summed E-state index contributed by atoms with van der Waals surface area (Å²) in [7, 11) is 0. The van der Waals surface area contributed by atoms with E-state index >= 15 is 0 Å². The van der Waals surface area contributed by atoms with Crippen molar-refractivity contribution in [3.8, 4) is 0 Å². The summed E-state index contributed by atoms with van der Waals surface area (Å²) in [6.07, 6.45) is 7.15. The number of carbonyl (C=O) groups is 2. The Hall–Kier alpha value is -1.26. The van der Waals surface area contributed by atoms with E-state index in [0.29, 0.717) is 24.2 Å². The fraction of sp³-hybridized carbons (Fsp3) is 0.882. The van der Waals surface area contributed by atoms with E-state index in [-0.39, 0.29) is 18.1 Å². The normalized spacial score (nSPS) is 22.0. The Morgan fingerprint density at radius 2 is 1.64 bits per heavy atom. The summed E-state index contributed by atoms with van der Waals surface area (Å²) >= 11 is 0. The van der Waals surface area contributed by atoms with Crippen molar-refractivity contribution in [1.29, 1.82) is 0 Å². The van der Waals surface area contributed by atoms with Crippen molar-refractivity contribution in [3.63, 3.8) is 0 Å². The second kappa shape index (κ2) is 7.84. The Bertz CT molecular complexity index is 383. The number of primary amides is 1. The molecule has 0 aromatic heterocycles. The number of hydrogen-bond acceptors (Lipinski definition) is 3. The van der Waals surface area contributed by atoms with Crippen LogP contribution in [0.2, 0.25) is 0 Å². The van der Waals surface area contributed by atoms with Crippen LogP contribution in [0.5, 0.6) is 0 Å². The van der Waals surface area contributed by atoms with Crippen LogP contribution < -0.4 is 5.73 Å². The largest absolute Gasteiger partial charge is 0.447 e. The SMILES string of the molecule is CC(C)OC(=O)N1CCC(C(CC(N)=O)C2CCCC2)CC1. The van der Waals surface area contributed by atoms with E-state index in [1.807, 2.05) is 13.8 Å². The summed E-state index contributed by atoms with van der Waals surface area (Å²) in [5, 5.41) is 0. The molecule has 0 bridgehead atoms. The quantitative estimate of drug-likeness (QED) is 0.848. The van der Waals surface area contributed by atoms with Crippen molar-refractivity contribution in [3.05, 3.63) is 0 Å². The summed E-state index contributed by atoms with van der Waals surface area (Å²) < 4.78 is 5.26. The first-order chi connectivity index (χ1) is 10.5. The van der Waals surface area contributed by atoms with Gasteiger partial charge in [-0.2, -0.15) is 0 Å². The molecule has 22 heavy (non-hydrogen) atoms. The molecule has 1 saturated heterocycles. The minimum Gasteiger partial charge on any atom is -0.447 e. The molecule has 0 radical (unpaired) electrons. The second-order valence-electron chi connectivity index (χ2n) is 7.14. The lowest BCUT2D eigenvalue weighted by atomic mass is 9.74. The lowest BCUT2D eigenvalue weighted by molar-refractivity contribution is -0.120. The van der Waals surface area contributed by atoms with E-state index in [1.54, 1.807) is 4.90 Å². The minimum atomic E-state index is -0.208. The van der Waals surface area contributed by atoms with Gasteiger partial charge in [-0.15, -0.1) is 0 Å². The van der Waals surface area contributed by atoms with Gasteiger partial charge in [0.1, 0.15) is 0 Å². The summed E-state index contributed by atoms with van der Waals surface area (Å²) in [6.45, 7) is 5.21. The number of piperidine rings is 1. The number of amides is 2. The van der Waals surface area contributed by atoms with Crippen LogP contribution in [-0.2, 0) is 9.53 Å². The van der Waals surface area contributed by atoms with Gasteiger partial charge in [0.15, 0.2) is 0 Å². The number of hydrogen-bond donors (Lipinski definition) is 1. The molecule has 2 amide bonds. The molecule has 5 nitrogen and oxygen atoms in total. The van der Waals surface area contributed by atoms with Crippen LogP contribution in [0, 0.1) is 17.8 Å². The Morgan fingerprint density at radius 3 is 2.14 bits per heavy atom. The maximum Gasteiger partial charge on any atom is 0.410 e. The molecule has 0 spiro atoms. The van der Waals surface area contributed by atoms with Crippen LogP contribution in [0.15, 0.2) is 0 Å². The number of likely N-dealkylation sites (tertiary alicyclic amines) is 1. The van der Waals surface area contributed by atoms with Gasteiger partial charge in [-0.25, -0.2) is 4.79 Å². The van der Waals surface area contributed by atoms with Gasteiger partial charge in [-0.1, -0.05) is 25.7 Å². The van der Waals surface area contributed by atoms with Gasteiger partial charge in [-0.05, 0) is 44.4 Å². The Labute approximate surface area is 133 Å². The predicted octanol–water partition coefficient (Wildman–Crippen LogP) is 2.93. The maximum absolute atomic E-state index is 11.9. The molecule has 2 N–H and O–H groups in total. The molecule has 1 heterocycles. The molecule has 0 aromatic carbocycles. The fourth-order valence-corrected chi connectivity index (χ4v) is 4.12. The highest BCUT2D eigenvalue weighted by molar-refractivity contribution is 5.74. The molecule has 2 fully saturated rings. The third kappa shape index (κ3) is 4.62. The lowest BCUT2D eigenvalue weighted by Gasteiger charge is -2.38. The zero-order valence-corrected chi connectivity index (χ0v) is 13.9. The number of ether oxygens (including phenoxy) is 1. The molecule has 0 aromatic rings. The number of carbonyl (C=O) groups excluding carboxylic acids is 2. The lowest BCUT2D eigenvalue weighted by Crippen LogP contribution is -2.42. The van der Waals surface area contributed by atoms with E-state index in [4.69, 9.17) is 10.5 Å². The zero-order chi connectivity index (χ0) is 16.1. The Morgan fingerprint density at radius 1 is 1.09 bits per heavy atom. The molecule has 1 unspecified atom stereocenters. The molecular formula is C17H30N2O3. The van der Waals surface area contributed by atoms with E-state index in [9.17, 15) is 9.59 Å². The topological polar surface area (TPSA) is 72.6 Å². The second-order valence-corrected chi connectivity index (χ2v) is 7.14. The summed E-state index contributed by atoms with van der Waals surface area (Å²) in [6, 6.07) is 0. The third-order valence-corrected chi connectivity index (χ3v) is 5.18. The van der Waals surface area contributed by atoms with E-state index in [0.717, 1.165) is 25.9 Å². The summed E-state index contributed by atoms with van der Waals surface area (Å²) in [4.78, 5) is 25.2. The first kappa shape index (κ1) is 17.1. The fourth-order valence-electron chi connectivity index (χ4n) is 4.12. The smallest absolute Gasteiger partial charge is 0.410 e. The van der Waals surface area contributed by atoms with Gasteiger partial charge in [0.25, 0.3) is 0 Å². The van der Waals surface area contributed by atoms with Crippen LogP contribution >= 0.6 is 0 Å². The first-order valence-electron chi connectivity index (χ1n) is 8.71. The monoisotopic (exact) mass is 310 g/mol. The standard InChI is InChI=1S/C17H30N2O3/c1-12(2)22-17(21)19-9-7-14(8-10-19)15(11-16(18)20)13-5-3-4-6-13/h12-15H,3-11H2,1-2H3,(H2,18,20). The van der Waals surface area contributed by atoms with Gasteiger partial charge in [0.05, 0.1) is 6.10 Å². The molecular weight excluding hydrogens is 280 g/mol. The van der Waals surface area contributed by atoms with Crippen LogP contribution in [0.1, 0.15) is 58.8 Å². The molecule has 5 heteroatoms. The van der Waals surface area contributed by atoms with E-state index in [2.05, 4.69) is 0 Å². The molecule has 1 aliphatic heterocycles. The number of rotatable bonds is 5. The molecule has 1 saturated carbocycles. The number of nitrogens with two attached hydrogens (primary N) is 1. The highest BCUT2D eigenvalue weighted by Gasteiger charge is 2.35. The molecule has 2 rings (SSSR count). The van der Waals surface area contributed by atoms with Crippen molar-refractivity contribution in [2.24, 2.45) is 23.5 Å². The van der Waals surface area contributed by atoms with Crippen LogP contribution in [0.25, 0.3) is 0 Å². The van der Waals surface area contributed by atoms with Crippen LogP contribution in [0.3, 0.4) is 0 Å². The van der Waals surface area contributed by atoms with Gasteiger partial charge in [0, 0.05) is 19.5 Å². The van der Waals surface area contributed by atoms with E-state index < -0.39 is 0 Å². The summed E-state index contributed by atoms with van der Waals surface area (Å²) in [5.74, 6) is 1.38. The highest BCUT2D eigenvalue weighted by atomic mass is 16.6. The van der Waals surface area contributed by atoms with Gasteiger partial charge in [0.2, 0.25) is 5.91 Å². The van der Waals surface area contributed by atoms with Gasteiger partial charge >= 0.3 is 6.09 Å². The molecule has 2 aliphatic rings. The van der Waals surface area contributed by atoms with Crippen LogP contribution in [0.4, 0.5) is 4.79 Å².